The van der Waals surface area contributed by atoms with Gasteiger partial charge < -0.3 is 14.4 Å². The number of rotatable bonds is 2. The van der Waals surface area contributed by atoms with Crippen molar-refractivity contribution in [1.82, 2.24) is 0 Å². The van der Waals surface area contributed by atoms with Crippen molar-refractivity contribution in [2.45, 2.75) is 6.92 Å². The van der Waals surface area contributed by atoms with Crippen molar-refractivity contribution in [2.24, 2.45) is 0 Å². The molecule has 1 aromatic rings. The van der Waals surface area contributed by atoms with Gasteiger partial charge in [0.25, 0.3) is 0 Å². The smallest absolute Gasteiger partial charge is 0.411 e. The van der Waals surface area contributed by atoms with Crippen LogP contribution >= 0.6 is 0 Å². The predicted octanol–water partition coefficient (Wildman–Crippen LogP) is 2.01. The van der Waals surface area contributed by atoms with E-state index >= 15 is 0 Å². The maximum Gasteiger partial charge on any atom is 0.411 e. The van der Waals surface area contributed by atoms with Crippen LogP contribution in [0.2, 0.25) is 0 Å². The molecular weight excluding hydrogens is 232 g/mol. The first-order valence-electron chi connectivity index (χ1n) is 5.99. The lowest BCUT2D eigenvalue weighted by Gasteiger charge is -2.29. The number of anilines is 2. The molecule has 0 bridgehead atoms. The van der Waals surface area contributed by atoms with Gasteiger partial charge in [0.05, 0.1) is 20.3 Å². The Kier molecular flexibility index (Phi) is 4.04. The minimum atomic E-state index is -0.447. The van der Waals surface area contributed by atoms with Crippen LogP contribution in [0.25, 0.3) is 0 Å². The van der Waals surface area contributed by atoms with E-state index in [0.717, 1.165) is 43.2 Å². The molecule has 1 amide bonds. The van der Waals surface area contributed by atoms with Crippen LogP contribution in [0.4, 0.5) is 16.2 Å². The summed E-state index contributed by atoms with van der Waals surface area (Å²) in [5.41, 5.74) is 2.89. The second-order valence-corrected chi connectivity index (χ2v) is 4.22. The van der Waals surface area contributed by atoms with Gasteiger partial charge in [-0.15, -0.1) is 0 Å². The van der Waals surface area contributed by atoms with Crippen LogP contribution in [0.3, 0.4) is 0 Å². The number of methoxy groups -OCH3 is 1. The molecule has 0 aromatic heterocycles. The van der Waals surface area contributed by atoms with Gasteiger partial charge in [0.1, 0.15) is 0 Å². The largest absolute Gasteiger partial charge is 0.453 e. The molecule has 1 aromatic carbocycles. The molecule has 18 heavy (non-hydrogen) atoms. The number of amides is 1. The maximum atomic E-state index is 11.3. The summed E-state index contributed by atoms with van der Waals surface area (Å²) in [4.78, 5) is 13.5. The zero-order valence-electron chi connectivity index (χ0n) is 10.7. The molecule has 1 fully saturated rings. The molecule has 1 aliphatic rings. The van der Waals surface area contributed by atoms with Crippen molar-refractivity contribution in [1.29, 1.82) is 0 Å². The first-order chi connectivity index (χ1) is 8.70. The van der Waals surface area contributed by atoms with Gasteiger partial charge in [0.2, 0.25) is 0 Å². The van der Waals surface area contributed by atoms with Crippen molar-refractivity contribution in [3.8, 4) is 0 Å². The van der Waals surface area contributed by atoms with Crippen LogP contribution in [0, 0.1) is 6.92 Å². The SMILES string of the molecule is COC(=O)Nc1cc(N2CCOCC2)ccc1C. The van der Waals surface area contributed by atoms with Crippen molar-refractivity contribution in [3.63, 3.8) is 0 Å². The molecule has 0 radical (unpaired) electrons. The summed E-state index contributed by atoms with van der Waals surface area (Å²) in [6.45, 7) is 5.19. The molecule has 2 rings (SSSR count). The highest BCUT2D eigenvalue weighted by Crippen LogP contribution is 2.24. The van der Waals surface area contributed by atoms with Crippen LogP contribution in [0.5, 0.6) is 0 Å². The minimum Gasteiger partial charge on any atom is -0.453 e. The van der Waals surface area contributed by atoms with E-state index in [1.54, 1.807) is 0 Å². The monoisotopic (exact) mass is 250 g/mol. The average Bonchev–Trinajstić information content (AvgIpc) is 2.42. The van der Waals surface area contributed by atoms with E-state index in [0.29, 0.717) is 0 Å². The molecule has 0 unspecified atom stereocenters. The Hall–Kier alpha value is -1.75. The molecule has 0 aliphatic carbocycles. The second kappa shape index (κ2) is 5.73. The Morgan fingerprint density at radius 1 is 1.39 bits per heavy atom. The number of aryl methyl sites for hydroxylation is 1. The number of morpholine rings is 1. The number of nitrogens with one attached hydrogen (secondary N) is 1. The number of carbonyl (C=O) groups excluding carboxylic acids is 1. The Labute approximate surface area is 107 Å². The number of carbonyl (C=O) groups is 1. The molecule has 1 heterocycles. The van der Waals surface area contributed by atoms with E-state index in [1.165, 1.54) is 7.11 Å². The van der Waals surface area contributed by atoms with E-state index in [1.807, 2.05) is 19.1 Å². The fourth-order valence-corrected chi connectivity index (χ4v) is 1.92. The summed E-state index contributed by atoms with van der Waals surface area (Å²) in [7, 11) is 1.36. The predicted molar refractivity (Wildman–Crippen MR) is 70.2 cm³/mol. The highest BCUT2D eigenvalue weighted by Gasteiger charge is 2.13. The number of ether oxygens (including phenoxy) is 2. The van der Waals surface area contributed by atoms with E-state index in [4.69, 9.17) is 4.74 Å². The minimum absolute atomic E-state index is 0.447. The van der Waals surface area contributed by atoms with Gasteiger partial charge in [-0.05, 0) is 24.6 Å². The molecule has 1 saturated heterocycles. The van der Waals surface area contributed by atoms with E-state index < -0.39 is 6.09 Å². The van der Waals surface area contributed by atoms with Crippen molar-refractivity contribution in [2.75, 3.05) is 43.6 Å². The molecule has 5 heteroatoms. The summed E-state index contributed by atoms with van der Waals surface area (Å²) >= 11 is 0. The zero-order chi connectivity index (χ0) is 13.0. The van der Waals surface area contributed by atoms with E-state index in [2.05, 4.69) is 21.0 Å². The number of nitrogens with zero attached hydrogens (tertiary/aromatic N) is 1. The van der Waals surface area contributed by atoms with Crippen LogP contribution in [-0.4, -0.2) is 39.5 Å². The Morgan fingerprint density at radius 3 is 2.78 bits per heavy atom. The molecule has 0 saturated carbocycles. The summed E-state index contributed by atoms with van der Waals surface area (Å²) in [6, 6.07) is 6.02. The first-order valence-corrected chi connectivity index (χ1v) is 5.99. The van der Waals surface area contributed by atoms with Crippen LogP contribution in [0.15, 0.2) is 18.2 Å². The van der Waals surface area contributed by atoms with Crippen molar-refractivity contribution in [3.05, 3.63) is 23.8 Å². The Morgan fingerprint density at radius 2 is 2.11 bits per heavy atom. The fourth-order valence-electron chi connectivity index (χ4n) is 1.92. The molecule has 5 nitrogen and oxygen atoms in total. The third-order valence-electron chi connectivity index (χ3n) is 3.02. The normalized spacial score (nSPS) is 15.3. The number of hydrogen-bond acceptors (Lipinski definition) is 4. The summed E-state index contributed by atoms with van der Waals surface area (Å²) in [5.74, 6) is 0. The van der Waals surface area contributed by atoms with Gasteiger partial charge in [0, 0.05) is 24.5 Å². The molecule has 0 spiro atoms. The van der Waals surface area contributed by atoms with Gasteiger partial charge in [-0.2, -0.15) is 0 Å². The van der Waals surface area contributed by atoms with Gasteiger partial charge in [-0.3, -0.25) is 5.32 Å². The van der Waals surface area contributed by atoms with E-state index in [9.17, 15) is 4.79 Å². The molecule has 1 aliphatic heterocycles. The lowest BCUT2D eigenvalue weighted by atomic mass is 10.1. The average molecular weight is 250 g/mol. The molecule has 1 N–H and O–H groups in total. The topological polar surface area (TPSA) is 50.8 Å². The third kappa shape index (κ3) is 2.92. The lowest BCUT2D eigenvalue weighted by molar-refractivity contribution is 0.122. The maximum absolute atomic E-state index is 11.3. The van der Waals surface area contributed by atoms with Gasteiger partial charge >= 0.3 is 6.09 Å². The third-order valence-corrected chi connectivity index (χ3v) is 3.02. The standard InChI is InChI=1S/C13H18N2O3/c1-10-3-4-11(15-5-7-18-8-6-15)9-12(10)14-13(16)17-2/h3-4,9H,5-8H2,1-2H3,(H,14,16). The van der Waals surface area contributed by atoms with E-state index in [-0.39, 0.29) is 0 Å². The summed E-state index contributed by atoms with van der Waals surface area (Å²) in [6.07, 6.45) is -0.447. The van der Waals surface area contributed by atoms with Crippen LogP contribution in [0.1, 0.15) is 5.56 Å². The van der Waals surface area contributed by atoms with Crippen molar-refractivity contribution >= 4 is 17.5 Å². The number of hydrogen-bond donors (Lipinski definition) is 1. The zero-order valence-corrected chi connectivity index (χ0v) is 10.7. The Bertz CT molecular complexity index is 428. The number of benzene rings is 1. The quantitative estimate of drug-likeness (QED) is 0.872. The highest BCUT2D eigenvalue weighted by molar-refractivity contribution is 5.86. The van der Waals surface area contributed by atoms with Gasteiger partial charge in [-0.1, -0.05) is 6.07 Å². The van der Waals surface area contributed by atoms with Gasteiger partial charge in [-0.25, -0.2) is 4.79 Å². The fraction of sp³-hybridized carbons (Fsp3) is 0.462. The van der Waals surface area contributed by atoms with Gasteiger partial charge in [0.15, 0.2) is 0 Å². The van der Waals surface area contributed by atoms with Crippen molar-refractivity contribution < 1.29 is 14.3 Å². The first kappa shape index (κ1) is 12.7. The van der Waals surface area contributed by atoms with Crippen LogP contribution in [-0.2, 0) is 9.47 Å². The lowest BCUT2D eigenvalue weighted by Crippen LogP contribution is -2.36. The summed E-state index contributed by atoms with van der Waals surface area (Å²) in [5, 5.41) is 2.72. The molecular formula is C13H18N2O3. The molecule has 98 valence electrons. The second-order valence-electron chi connectivity index (χ2n) is 4.22. The van der Waals surface area contributed by atoms with Crippen LogP contribution < -0.4 is 10.2 Å². The highest BCUT2D eigenvalue weighted by atomic mass is 16.5. The Balaban J connectivity index is 2.16. The summed E-state index contributed by atoms with van der Waals surface area (Å²) < 4.78 is 9.94. The molecule has 0 atom stereocenters.